The molecule has 5 heteroatoms. The molecule has 0 fully saturated rings. The van der Waals surface area contributed by atoms with Gasteiger partial charge in [0.1, 0.15) is 0 Å². The monoisotopic (exact) mass is 324 g/mol. The summed E-state index contributed by atoms with van der Waals surface area (Å²) in [7, 11) is 3.94. The molecule has 0 aliphatic carbocycles. The van der Waals surface area contributed by atoms with Crippen molar-refractivity contribution >= 4 is 0 Å². The van der Waals surface area contributed by atoms with Gasteiger partial charge in [0.05, 0.1) is 5.56 Å². The summed E-state index contributed by atoms with van der Waals surface area (Å²) < 4.78 is 39.4. The van der Waals surface area contributed by atoms with Crippen LogP contribution in [0.2, 0.25) is 0 Å². The highest BCUT2D eigenvalue weighted by Crippen LogP contribution is 2.33. The molecule has 23 heavy (non-hydrogen) atoms. The summed E-state index contributed by atoms with van der Waals surface area (Å²) in [6.45, 7) is 3.80. The highest BCUT2D eigenvalue weighted by Gasteiger charge is 2.33. The lowest BCUT2D eigenvalue weighted by Crippen LogP contribution is -2.30. The van der Waals surface area contributed by atoms with Crippen LogP contribution in [0.3, 0.4) is 0 Å². The van der Waals surface area contributed by atoms with Gasteiger partial charge in [-0.25, -0.2) is 0 Å². The van der Waals surface area contributed by atoms with Gasteiger partial charge in [0, 0.05) is 32.4 Å². The number of likely N-dealkylation sites (N-methyl/N-ethyl adjacent to an activating group) is 2. The van der Waals surface area contributed by atoms with E-state index in [0.717, 1.165) is 12.2 Å². The van der Waals surface area contributed by atoms with Crippen molar-refractivity contribution in [1.82, 2.24) is 9.80 Å². The van der Waals surface area contributed by atoms with E-state index < -0.39 is 11.7 Å². The van der Waals surface area contributed by atoms with Gasteiger partial charge >= 0.3 is 6.18 Å². The molecule has 1 aliphatic heterocycles. The second kappa shape index (κ2) is 7.21. The van der Waals surface area contributed by atoms with Gasteiger partial charge < -0.3 is 4.90 Å². The van der Waals surface area contributed by atoms with E-state index in [1.807, 2.05) is 31.1 Å². The zero-order valence-corrected chi connectivity index (χ0v) is 13.8. The second-order valence-electron chi connectivity index (χ2n) is 5.98. The third-order valence-corrected chi connectivity index (χ3v) is 4.04. The fraction of sp³-hybridized carbons (Fsp3) is 0.444. The van der Waals surface area contributed by atoms with Crippen LogP contribution in [0.25, 0.3) is 0 Å². The third-order valence-electron chi connectivity index (χ3n) is 4.04. The van der Waals surface area contributed by atoms with Gasteiger partial charge in [0.25, 0.3) is 0 Å². The zero-order chi connectivity index (χ0) is 17.0. The third kappa shape index (κ3) is 4.61. The minimum atomic E-state index is -4.29. The Bertz CT molecular complexity index is 603. The molecule has 0 bridgehead atoms. The maximum absolute atomic E-state index is 13.1. The van der Waals surface area contributed by atoms with Gasteiger partial charge in [-0.1, -0.05) is 31.2 Å². The molecule has 0 unspecified atom stereocenters. The van der Waals surface area contributed by atoms with Gasteiger partial charge in [0.15, 0.2) is 0 Å². The predicted molar refractivity (Wildman–Crippen MR) is 87.0 cm³/mol. The minimum absolute atomic E-state index is 0.351. The van der Waals surface area contributed by atoms with Crippen LogP contribution in [-0.2, 0) is 19.1 Å². The van der Waals surface area contributed by atoms with E-state index in [9.17, 15) is 13.2 Å². The second-order valence-corrected chi connectivity index (χ2v) is 5.98. The highest BCUT2D eigenvalue weighted by atomic mass is 19.4. The van der Waals surface area contributed by atoms with Crippen LogP contribution in [0.15, 0.2) is 42.1 Å². The molecular formula is C18H23F3N2. The molecule has 1 aromatic carbocycles. The van der Waals surface area contributed by atoms with Crippen LogP contribution in [0.4, 0.5) is 13.2 Å². The first kappa shape index (κ1) is 17.6. The number of rotatable bonds is 5. The molecule has 1 aliphatic rings. The highest BCUT2D eigenvalue weighted by molar-refractivity contribution is 5.34. The first-order valence-corrected chi connectivity index (χ1v) is 7.75. The van der Waals surface area contributed by atoms with Crippen molar-refractivity contribution in [3.63, 3.8) is 0 Å². The number of allylic oxidation sites excluding steroid dienone is 2. The van der Waals surface area contributed by atoms with Crippen LogP contribution >= 0.6 is 0 Å². The van der Waals surface area contributed by atoms with E-state index in [1.165, 1.54) is 6.07 Å². The number of hydrogen-bond donors (Lipinski definition) is 0. The molecule has 1 heterocycles. The molecule has 2 rings (SSSR count). The molecular weight excluding hydrogens is 301 g/mol. The Morgan fingerprint density at radius 3 is 2.57 bits per heavy atom. The van der Waals surface area contributed by atoms with Crippen molar-refractivity contribution in [1.29, 1.82) is 0 Å². The summed E-state index contributed by atoms with van der Waals surface area (Å²) in [5, 5.41) is 0. The smallest absolute Gasteiger partial charge is 0.373 e. The number of halogens is 3. The van der Waals surface area contributed by atoms with Gasteiger partial charge in [-0.3, -0.25) is 4.90 Å². The largest absolute Gasteiger partial charge is 0.416 e. The molecule has 2 nitrogen and oxygen atoms in total. The van der Waals surface area contributed by atoms with Crippen LogP contribution in [-0.4, -0.2) is 37.0 Å². The molecule has 0 saturated heterocycles. The standard InChI is InChI=1S/C18H23F3N2/c1-4-15-9-8-14(11-17(15)18(19,20)21)12-22(2)13-16-7-5-6-10-23(16)3/h5-9,11H,4,10,12-13H2,1-3H3. The van der Waals surface area contributed by atoms with E-state index in [2.05, 4.69) is 11.0 Å². The van der Waals surface area contributed by atoms with E-state index >= 15 is 0 Å². The van der Waals surface area contributed by atoms with Gasteiger partial charge in [-0.05, 0) is 36.7 Å². The summed E-state index contributed by atoms with van der Waals surface area (Å²) in [5.41, 5.74) is 1.69. The average molecular weight is 324 g/mol. The number of hydrogen-bond acceptors (Lipinski definition) is 2. The van der Waals surface area contributed by atoms with Gasteiger partial charge in [-0.15, -0.1) is 0 Å². The SMILES string of the molecule is CCc1ccc(CN(C)CC2=CC=CCN2C)cc1C(F)(F)F. The Morgan fingerprint density at radius 1 is 1.22 bits per heavy atom. The van der Waals surface area contributed by atoms with Crippen molar-refractivity contribution in [3.8, 4) is 0 Å². The fourth-order valence-corrected chi connectivity index (χ4v) is 2.75. The van der Waals surface area contributed by atoms with Crippen molar-refractivity contribution in [2.24, 2.45) is 0 Å². The van der Waals surface area contributed by atoms with E-state index in [4.69, 9.17) is 0 Å². The van der Waals surface area contributed by atoms with Crippen molar-refractivity contribution in [3.05, 3.63) is 58.8 Å². The zero-order valence-electron chi connectivity index (χ0n) is 13.8. The molecule has 0 N–H and O–H groups in total. The number of alkyl halides is 3. The summed E-state index contributed by atoms with van der Waals surface area (Å²) in [6.07, 6.45) is 2.22. The first-order chi connectivity index (χ1) is 10.8. The fourth-order valence-electron chi connectivity index (χ4n) is 2.75. The number of nitrogens with zero attached hydrogens (tertiary/aromatic N) is 2. The maximum atomic E-state index is 13.1. The predicted octanol–water partition coefficient (Wildman–Crippen LogP) is 4.09. The van der Waals surface area contributed by atoms with E-state index in [1.54, 1.807) is 19.1 Å². The Balaban J connectivity index is 2.10. The Hall–Kier alpha value is -1.75. The van der Waals surface area contributed by atoms with Crippen LogP contribution in [0, 0.1) is 0 Å². The van der Waals surface area contributed by atoms with Crippen molar-refractivity contribution in [2.75, 3.05) is 27.2 Å². The van der Waals surface area contributed by atoms with Gasteiger partial charge in [-0.2, -0.15) is 13.2 Å². The molecule has 1 aromatic rings. The summed E-state index contributed by atoms with van der Waals surface area (Å²) in [6, 6.07) is 4.68. The molecule has 0 amide bonds. The Kier molecular flexibility index (Phi) is 5.52. The lowest BCUT2D eigenvalue weighted by atomic mass is 10.0. The lowest BCUT2D eigenvalue weighted by molar-refractivity contribution is -0.138. The summed E-state index contributed by atoms with van der Waals surface area (Å²) >= 11 is 0. The van der Waals surface area contributed by atoms with Crippen LogP contribution in [0.5, 0.6) is 0 Å². The maximum Gasteiger partial charge on any atom is 0.416 e. The van der Waals surface area contributed by atoms with Gasteiger partial charge in [0.2, 0.25) is 0 Å². The molecule has 0 aromatic heterocycles. The quantitative estimate of drug-likeness (QED) is 0.805. The number of aryl methyl sites for hydroxylation is 1. The summed E-state index contributed by atoms with van der Waals surface area (Å²) in [4.78, 5) is 4.17. The Labute approximate surface area is 135 Å². The lowest BCUT2D eigenvalue weighted by Gasteiger charge is -2.27. The molecule has 0 spiro atoms. The normalized spacial score (nSPS) is 15.3. The Morgan fingerprint density at radius 2 is 1.96 bits per heavy atom. The van der Waals surface area contributed by atoms with E-state index in [0.29, 0.717) is 30.6 Å². The average Bonchev–Trinajstić information content (AvgIpc) is 2.48. The topological polar surface area (TPSA) is 6.48 Å². The van der Waals surface area contributed by atoms with Crippen LogP contribution in [0.1, 0.15) is 23.6 Å². The number of benzene rings is 1. The van der Waals surface area contributed by atoms with E-state index in [-0.39, 0.29) is 0 Å². The molecule has 126 valence electrons. The van der Waals surface area contributed by atoms with Crippen LogP contribution < -0.4 is 0 Å². The molecule has 0 saturated carbocycles. The van der Waals surface area contributed by atoms with Crippen molar-refractivity contribution in [2.45, 2.75) is 26.1 Å². The molecule has 0 radical (unpaired) electrons. The van der Waals surface area contributed by atoms with Crippen molar-refractivity contribution < 1.29 is 13.2 Å². The first-order valence-electron chi connectivity index (χ1n) is 7.75. The minimum Gasteiger partial charge on any atom is -0.373 e. The summed E-state index contributed by atoms with van der Waals surface area (Å²) in [5.74, 6) is 0. The molecule has 0 atom stereocenters.